The maximum atomic E-state index is 12.6. The van der Waals surface area contributed by atoms with Crippen LogP contribution in [0.3, 0.4) is 0 Å². The van der Waals surface area contributed by atoms with Crippen molar-refractivity contribution in [3.63, 3.8) is 0 Å². The number of benzene rings is 1. The summed E-state index contributed by atoms with van der Waals surface area (Å²) in [6.45, 7) is 3.00. The van der Waals surface area contributed by atoms with E-state index in [0.29, 0.717) is 5.92 Å². The normalized spacial score (nSPS) is 27.4. The average Bonchev–Trinajstić information content (AvgIpc) is 3.10. The second kappa shape index (κ2) is 5.96. The van der Waals surface area contributed by atoms with E-state index in [1.807, 2.05) is 6.07 Å². The number of rotatable bonds is 4. The smallest absolute Gasteiger partial charge is 0.241 e. The topological polar surface area (TPSA) is 32.3 Å². The van der Waals surface area contributed by atoms with Gasteiger partial charge in [0.2, 0.25) is 5.91 Å². The molecular formula is C17H24N2O. The van der Waals surface area contributed by atoms with Gasteiger partial charge in [0.1, 0.15) is 6.17 Å². The number of hydrogen-bond donors (Lipinski definition) is 1. The summed E-state index contributed by atoms with van der Waals surface area (Å²) < 4.78 is 0. The zero-order valence-electron chi connectivity index (χ0n) is 12.2. The zero-order chi connectivity index (χ0) is 13.9. The highest BCUT2D eigenvalue weighted by Crippen LogP contribution is 2.32. The van der Waals surface area contributed by atoms with Gasteiger partial charge in [-0.1, -0.05) is 50.1 Å². The highest BCUT2D eigenvalue weighted by Gasteiger charge is 2.39. The van der Waals surface area contributed by atoms with Crippen molar-refractivity contribution in [3.05, 3.63) is 35.9 Å². The average molecular weight is 272 g/mol. The van der Waals surface area contributed by atoms with Crippen molar-refractivity contribution in [2.75, 3.05) is 6.54 Å². The highest BCUT2D eigenvalue weighted by molar-refractivity contribution is 5.84. The van der Waals surface area contributed by atoms with Crippen LogP contribution >= 0.6 is 0 Å². The van der Waals surface area contributed by atoms with Crippen LogP contribution in [0.25, 0.3) is 0 Å². The van der Waals surface area contributed by atoms with E-state index in [4.69, 9.17) is 0 Å². The van der Waals surface area contributed by atoms with Gasteiger partial charge in [-0.25, -0.2) is 0 Å². The molecule has 108 valence electrons. The lowest BCUT2D eigenvalue weighted by Gasteiger charge is -2.27. The summed E-state index contributed by atoms with van der Waals surface area (Å²) in [7, 11) is 0. The highest BCUT2D eigenvalue weighted by atomic mass is 16.2. The first-order chi connectivity index (χ1) is 9.79. The van der Waals surface area contributed by atoms with E-state index in [0.717, 1.165) is 13.0 Å². The van der Waals surface area contributed by atoms with Gasteiger partial charge in [-0.2, -0.15) is 0 Å². The Labute approximate surface area is 121 Å². The standard InChI is InChI=1S/C17H24N2O/c1-2-15-17(20)19(12-13-8-6-7-9-13)16(18-15)14-10-4-3-5-11-14/h3-5,10-11,13,15-16,18H,2,6-9,12H2,1H3. The third-order valence-corrected chi connectivity index (χ3v) is 4.71. The van der Waals surface area contributed by atoms with Gasteiger partial charge in [0.25, 0.3) is 0 Å². The SMILES string of the molecule is CCC1NC(c2ccccc2)N(CC2CCCC2)C1=O. The maximum Gasteiger partial charge on any atom is 0.241 e. The Morgan fingerprint density at radius 1 is 1.20 bits per heavy atom. The van der Waals surface area contributed by atoms with Crippen molar-refractivity contribution in [2.45, 2.75) is 51.2 Å². The summed E-state index contributed by atoms with van der Waals surface area (Å²) in [5.74, 6) is 0.982. The number of carbonyl (C=O) groups excluding carboxylic acids is 1. The predicted octanol–water partition coefficient (Wildman–Crippen LogP) is 3.09. The molecule has 20 heavy (non-hydrogen) atoms. The molecule has 1 N–H and O–H groups in total. The van der Waals surface area contributed by atoms with Crippen molar-refractivity contribution >= 4 is 5.91 Å². The molecule has 2 fully saturated rings. The van der Waals surface area contributed by atoms with E-state index in [1.54, 1.807) is 0 Å². The van der Waals surface area contributed by atoms with Crippen LogP contribution in [0.5, 0.6) is 0 Å². The molecule has 0 spiro atoms. The summed E-state index contributed by atoms with van der Waals surface area (Å²) in [6, 6.07) is 10.3. The molecule has 3 rings (SSSR count). The summed E-state index contributed by atoms with van der Waals surface area (Å²) in [5, 5.41) is 3.51. The Bertz CT molecular complexity index is 453. The van der Waals surface area contributed by atoms with Crippen LogP contribution in [-0.2, 0) is 4.79 Å². The van der Waals surface area contributed by atoms with Gasteiger partial charge < -0.3 is 4.90 Å². The molecular weight excluding hydrogens is 248 g/mol. The summed E-state index contributed by atoms with van der Waals surface area (Å²) in [6.07, 6.45) is 6.14. The molecule has 2 aliphatic rings. The minimum atomic E-state index is -0.0124. The predicted molar refractivity (Wildman–Crippen MR) is 80.1 cm³/mol. The fourth-order valence-electron chi connectivity index (χ4n) is 3.55. The van der Waals surface area contributed by atoms with E-state index in [9.17, 15) is 4.79 Å². The Hall–Kier alpha value is -1.35. The Morgan fingerprint density at radius 3 is 2.55 bits per heavy atom. The third kappa shape index (κ3) is 2.59. The van der Waals surface area contributed by atoms with E-state index in [1.165, 1.54) is 31.2 Å². The maximum absolute atomic E-state index is 12.6. The van der Waals surface area contributed by atoms with Crippen molar-refractivity contribution < 1.29 is 4.79 Å². The third-order valence-electron chi connectivity index (χ3n) is 4.71. The lowest BCUT2D eigenvalue weighted by atomic mass is 10.1. The van der Waals surface area contributed by atoms with Crippen LogP contribution in [-0.4, -0.2) is 23.4 Å². The van der Waals surface area contributed by atoms with Crippen LogP contribution in [0.2, 0.25) is 0 Å². The number of nitrogens with one attached hydrogen (secondary N) is 1. The zero-order valence-corrected chi connectivity index (χ0v) is 12.2. The Kier molecular flexibility index (Phi) is 4.06. The van der Waals surface area contributed by atoms with Crippen LogP contribution < -0.4 is 5.32 Å². The van der Waals surface area contributed by atoms with E-state index >= 15 is 0 Å². The fraction of sp³-hybridized carbons (Fsp3) is 0.588. The molecule has 0 bridgehead atoms. The molecule has 1 aromatic carbocycles. The van der Waals surface area contributed by atoms with Gasteiger partial charge in [0.05, 0.1) is 6.04 Å². The fourth-order valence-corrected chi connectivity index (χ4v) is 3.55. The van der Waals surface area contributed by atoms with Gasteiger partial charge in [0.15, 0.2) is 0 Å². The second-order valence-corrected chi connectivity index (χ2v) is 6.08. The van der Waals surface area contributed by atoms with Crippen LogP contribution in [0.4, 0.5) is 0 Å². The molecule has 1 amide bonds. The van der Waals surface area contributed by atoms with E-state index in [2.05, 4.69) is 41.4 Å². The monoisotopic (exact) mass is 272 g/mol. The molecule has 3 heteroatoms. The number of nitrogens with zero attached hydrogens (tertiary/aromatic N) is 1. The molecule has 2 atom stereocenters. The summed E-state index contributed by atoms with van der Waals surface area (Å²) in [5.41, 5.74) is 1.20. The van der Waals surface area contributed by atoms with E-state index in [-0.39, 0.29) is 18.1 Å². The lowest BCUT2D eigenvalue weighted by Crippen LogP contribution is -2.34. The molecule has 1 aromatic rings. The molecule has 0 aromatic heterocycles. The first kappa shape index (κ1) is 13.6. The summed E-state index contributed by atoms with van der Waals surface area (Å²) in [4.78, 5) is 14.7. The number of hydrogen-bond acceptors (Lipinski definition) is 2. The first-order valence-corrected chi connectivity index (χ1v) is 7.91. The van der Waals surface area contributed by atoms with Crippen LogP contribution in [0, 0.1) is 5.92 Å². The van der Waals surface area contributed by atoms with Crippen molar-refractivity contribution in [1.29, 1.82) is 0 Å². The van der Waals surface area contributed by atoms with Gasteiger partial charge in [-0.05, 0) is 30.7 Å². The van der Waals surface area contributed by atoms with Gasteiger partial charge in [0, 0.05) is 6.54 Å². The van der Waals surface area contributed by atoms with Gasteiger partial charge in [-0.3, -0.25) is 10.1 Å². The minimum Gasteiger partial charge on any atom is -0.321 e. The molecule has 0 radical (unpaired) electrons. The summed E-state index contributed by atoms with van der Waals surface area (Å²) >= 11 is 0. The number of amides is 1. The Balaban J connectivity index is 1.80. The van der Waals surface area contributed by atoms with Crippen molar-refractivity contribution in [1.82, 2.24) is 10.2 Å². The second-order valence-electron chi connectivity index (χ2n) is 6.08. The van der Waals surface area contributed by atoms with E-state index < -0.39 is 0 Å². The molecule has 1 aliphatic carbocycles. The molecule has 1 heterocycles. The van der Waals surface area contributed by atoms with Crippen molar-refractivity contribution in [3.8, 4) is 0 Å². The van der Waals surface area contributed by atoms with Crippen LogP contribution in [0.15, 0.2) is 30.3 Å². The first-order valence-electron chi connectivity index (χ1n) is 7.91. The Morgan fingerprint density at radius 2 is 1.90 bits per heavy atom. The lowest BCUT2D eigenvalue weighted by molar-refractivity contribution is -0.130. The van der Waals surface area contributed by atoms with Gasteiger partial charge >= 0.3 is 0 Å². The molecule has 1 saturated carbocycles. The van der Waals surface area contributed by atoms with Crippen molar-refractivity contribution in [2.24, 2.45) is 5.92 Å². The number of carbonyl (C=O) groups is 1. The molecule has 1 aliphatic heterocycles. The minimum absolute atomic E-state index is 0.0124. The van der Waals surface area contributed by atoms with Gasteiger partial charge in [-0.15, -0.1) is 0 Å². The largest absolute Gasteiger partial charge is 0.321 e. The molecule has 3 nitrogen and oxygen atoms in total. The molecule has 1 saturated heterocycles. The quantitative estimate of drug-likeness (QED) is 0.913. The van der Waals surface area contributed by atoms with Crippen LogP contribution in [0.1, 0.15) is 50.8 Å². The molecule has 2 unspecified atom stereocenters.